The minimum absolute atomic E-state index is 0.0574. The highest BCUT2D eigenvalue weighted by molar-refractivity contribution is 5.27. The molecule has 0 aliphatic heterocycles. The van der Waals surface area contributed by atoms with Gasteiger partial charge < -0.3 is 9.94 Å². The minimum Gasteiger partial charge on any atom is -0.396 e. The SMILES string of the molecule is NOCC(CO)c1ccc(C(F)(F)F)cc1. The van der Waals surface area contributed by atoms with E-state index in [4.69, 9.17) is 11.0 Å². The fraction of sp³-hybridized carbons (Fsp3) is 0.400. The summed E-state index contributed by atoms with van der Waals surface area (Å²) >= 11 is 0. The topological polar surface area (TPSA) is 55.5 Å². The highest BCUT2D eigenvalue weighted by Gasteiger charge is 2.30. The summed E-state index contributed by atoms with van der Waals surface area (Å²) < 4.78 is 36.8. The Kier molecular flexibility index (Phi) is 4.28. The molecule has 1 atom stereocenters. The molecule has 0 amide bonds. The van der Waals surface area contributed by atoms with Gasteiger partial charge in [-0.15, -0.1) is 0 Å². The third kappa shape index (κ3) is 3.19. The molecular weight excluding hydrogens is 223 g/mol. The molecule has 3 nitrogen and oxygen atoms in total. The van der Waals surface area contributed by atoms with Crippen LogP contribution < -0.4 is 5.90 Å². The molecule has 0 saturated heterocycles. The third-order valence-corrected chi connectivity index (χ3v) is 2.23. The summed E-state index contributed by atoms with van der Waals surface area (Å²) in [6.45, 7) is -0.176. The molecule has 0 bridgehead atoms. The van der Waals surface area contributed by atoms with Crippen LogP contribution in [0.25, 0.3) is 0 Å². The first-order valence-electron chi connectivity index (χ1n) is 4.58. The molecule has 16 heavy (non-hydrogen) atoms. The summed E-state index contributed by atoms with van der Waals surface area (Å²) in [5.41, 5.74) is -0.164. The van der Waals surface area contributed by atoms with E-state index < -0.39 is 17.7 Å². The molecule has 1 aromatic carbocycles. The van der Waals surface area contributed by atoms with Crippen molar-refractivity contribution in [1.82, 2.24) is 0 Å². The predicted molar refractivity (Wildman–Crippen MR) is 51.4 cm³/mol. The van der Waals surface area contributed by atoms with Crippen molar-refractivity contribution in [2.75, 3.05) is 13.2 Å². The van der Waals surface area contributed by atoms with Crippen molar-refractivity contribution >= 4 is 0 Å². The van der Waals surface area contributed by atoms with Crippen molar-refractivity contribution in [3.8, 4) is 0 Å². The van der Waals surface area contributed by atoms with E-state index >= 15 is 0 Å². The highest BCUT2D eigenvalue weighted by Crippen LogP contribution is 2.30. The zero-order valence-corrected chi connectivity index (χ0v) is 8.37. The van der Waals surface area contributed by atoms with E-state index in [1.807, 2.05) is 0 Å². The van der Waals surface area contributed by atoms with Crippen LogP contribution in [-0.2, 0) is 11.0 Å². The fourth-order valence-electron chi connectivity index (χ4n) is 1.31. The van der Waals surface area contributed by atoms with Crippen molar-refractivity contribution in [2.45, 2.75) is 12.1 Å². The van der Waals surface area contributed by atoms with Crippen LogP contribution >= 0.6 is 0 Å². The van der Waals surface area contributed by atoms with E-state index in [1.54, 1.807) is 0 Å². The smallest absolute Gasteiger partial charge is 0.396 e. The van der Waals surface area contributed by atoms with Gasteiger partial charge in [-0.1, -0.05) is 12.1 Å². The summed E-state index contributed by atoms with van der Waals surface area (Å²) in [4.78, 5) is 4.36. The first kappa shape index (κ1) is 13.0. The van der Waals surface area contributed by atoms with Gasteiger partial charge >= 0.3 is 6.18 Å². The molecule has 0 fully saturated rings. The Hall–Kier alpha value is -1.11. The summed E-state index contributed by atoms with van der Waals surface area (Å²) in [7, 11) is 0. The van der Waals surface area contributed by atoms with Gasteiger partial charge in [0.05, 0.1) is 18.8 Å². The van der Waals surface area contributed by atoms with E-state index in [9.17, 15) is 13.2 Å². The summed E-state index contributed by atoms with van der Waals surface area (Å²) in [6, 6.07) is 4.55. The average molecular weight is 235 g/mol. The third-order valence-electron chi connectivity index (χ3n) is 2.23. The second kappa shape index (κ2) is 5.29. The molecule has 0 spiro atoms. The number of hydrogen-bond donors (Lipinski definition) is 2. The van der Waals surface area contributed by atoms with E-state index in [-0.39, 0.29) is 13.2 Å². The largest absolute Gasteiger partial charge is 0.416 e. The summed E-state index contributed by atoms with van der Waals surface area (Å²) in [5.74, 6) is 4.44. The zero-order chi connectivity index (χ0) is 12.2. The van der Waals surface area contributed by atoms with Gasteiger partial charge in [0.25, 0.3) is 0 Å². The van der Waals surface area contributed by atoms with Crippen molar-refractivity contribution in [1.29, 1.82) is 0 Å². The lowest BCUT2D eigenvalue weighted by Gasteiger charge is -2.14. The maximum absolute atomic E-state index is 12.3. The molecule has 0 aliphatic rings. The van der Waals surface area contributed by atoms with E-state index in [1.165, 1.54) is 12.1 Å². The van der Waals surface area contributed by atoms with Crippen LogP contribution in [0.5, 0.6) is 0 Å². The van der Waals surface area contributed by atoms with Crippen molar-refractivity contribution in [3.63, 3.8) is 0 Å². The summed E-state index contributed by atoms with van der Waals surface area (Å²) in [6.07, 6.45) is -4.35. The summed E-state index contributed by atoms with van der Waals surface area (Å²) in [5, 5.41) is 8.98. The van der Waals surface area contributed by atoms with Gasteiger partial charge in [-0.3, -0.25) is 0 Å². The monoisotopic (exact) mass is 235 g/mol. The second-order valence-corrected chi connectivity index (χ2v) is 3.33. The zero-order valence-electron chi connectivity index (χ0n) is 8.37. The Labute approximate surface area is 90.6 Å². The van der Waals surface area contributed by atoms with Crippen LogP contribution in [-0.4, -0.2) is 18.3 Å². The molecule has 0 aromatic heterocycles. The van der Waals surface area contributed by atoms with Gasteiger partial charge in [0, 0.05) is 5.92 Å². The first-order chi connectivity index (χ1) is 7.49. The number of halogens is 3. The maximum atomic E-state index is 12.3. The van der Waals surface area contributed by atoms with Crippen LogP contribution in [0, 0.1) is 0 Å². The lowest BCUT2D eigenvalue weighted by atomic mass is 9.99. The number of rotatable bonds is 4. The molecule has 0 aliphatic carbocycles. The Morgan fingerprint density at radius 3 is 2.19 bits per heavy atom. The van der Waals surface area contributed by atoms with Gasteiger partial charge in [0.15, 0.2) is 0 Å². The average Bonchev–Trinajstić information content (AvgIpc) is 2.25. The fourth-order valence-corrected chi connectivity index (χ4v) is 1.31. The molecule has 1 rings (SSSR count). The number of alkyl halides is 3. The number of benzene rings is 1. The lowest BCUT2D eigenvalue weighted by molar-refractivity contribution is -0.137. The molecule has 1 aromatic rings. The minimum atomic E-state index is -4.35. The maximum Gasteiger partial charge on any atom is 0.416 e. The molecule has 90 valence electrons. The van der Waals surface area contributed by atoms with Crippen molar-refractivity contribution in [3.05, 3.63) is 35.4 Å². The number of aliphatic hydroxyl groups excluding tert-OH is 1. The Balaban J connectivity index is 2.85. The van der Waals surface area contributed by atoms with Crippen LogP contribution in [0.4, 0.5) is 13.2 Å². The normalized spacial score (nSPS) is 13.8. The number of hydrogen-bond acceptors (Lipinski definition) is 3. The van der Waals surface area contributed by atoms with Crippen molar-refractivity contribution in [2.24, 2.45) is 5.90 Å². The van der Waals surface area contributed by atoms with Crippen molar-refractivity contribution < 1.29 is 23.1 Å². The highest BCUT2D eigenvalue weighted by atomic mass is 19.4. The molecule has 0 heterocycles. The van der Waals surface area contributed by atoms with Gasteiger partial charge in [-0.05, 0) is 17.7 Å². The number of aliphatic hydroxyl groups is 1. The van der Waals surface area contributed by atoms with Gasteiger partial charge in [-0.25, -0.2) is 5.90 Å². The lowest BCUT2D eigenvalue weighted by Crippen LogP contribution is -2.15. The second-order valence-electron chi connectivity index (χ2n) is 3.33. The Morgan fingerprint density at radius 2 is 1.81 bits per heavy atom. The molecule has 0 saturated carbocycles. The molecule has 1 unspecified atom stereocenters. The van der Waals surface area contributed by atoms with Crippen LogP contribution in [0.1, 0.15) is 17.0 Å². The van der Waals surface area contributed by atoms with Gasteiger partial charge in [0.1, 0.15) is 0 Å². The van der Waals surface area contributed by atoms with Gasteiger partial charge in [0.2, 0.25) is 0 Å². The van der Waals surface area contributed by atoms with Gasteiger partial charge in [-0.2, -0.15) is 13.2 Å². The van der Waals surface area contributed by atoms with Crippen LogP contribution in [0.15, 0.2) is 24.3 Å². The molecule has 3 N–H and O–H groups in total. The van der Waals surface area contributed by atoms with E-state index in [0.717, 1.165) is 12.1 Å². The first-order valence-corrected chi connectivity index (χ1v) is 4.58. The molecular formula is C10H12F3NO2. The molecule has 6 heteroatoms. The van der Waals surface area contributed by atoms with Crippen LogP contribution in [0.3, 0.4) is 0 Å². The molecule has 0 radical (unpaired) electrons. The Morgan fingerprint density at radius 1 is 1.25 bits per heavy atom. The van der Waals surface area contributed by atoms with E-state index in [0.29, 0.717) is 5.56 Å². The predicted octanol–water partition coefficient (Wildman–Crippen LogP) is 1.67. The van der Waals surface area contributed by atoms with E-state index in [2.05, 4.69) is 4.84 Å². The standard InChI is InChI=1S/C10H12F3NO2/c11-10(12,13)9-3-1-7(2-4-9)8(5-15)6-16-14/h1-4,8,15H,5-6,14H2. The Bertz CT molecular complexity index is 324. The number of nitrogens with two attached hydrogens (primary N) is 1. The van der Waals surface area contributed by atoms with Crippen LogP contribution in [0.2, 0.25) is 0 Å². The quantitative estimate of drug-likeness (QED) is 0.780.